The second kappa shape index (κ2) is 8.12. The third kappa shape index (κ3) is 5.57. The van der Waals surface area contributed by atoms with Gasteiger partial charge in [-0.05, 0) is 33.4 Å². The predicted octanol–water partition coefficient (Wildman–Crippen LogP) is 1.73. The summed E-state index contributed by atoms with van der Waals surface area (Å²) in [6.07, 6.45) is 0. The topological polar surface area (TPSA) is 64.1 Å². The van der Waals surface area contributed by atoms with Crippen LogP contribution in [-0.4, -0.2) is 40.9 Å². The van der Waals surface area contributed by atoms with E-state index in [1.807, 2.05) is 26.8 Å². The van der Waals surface area contributed by atoms with Crippen LogP contribution in [0, 0.1) is 13.8 Å². The molecule has 0 fully saturated rings. The fourth-order valence-corrected chi connectivity index (χ4v) is 2.60. The molecule has 1 N–H and O–H groups in total. The number of aromatic nitrogens is 2. The zero-order chi connectivity index (χ0) is 14.3. The second-order valence-corrected chi connectivity index (χ2v) is 5.09. The number of nitrogens with one attached hydrogen (secondary N) is 1. The minimum absolute atomic E-state index is 0.221. The number of likely N-dealkylation sites (N-methyl/N-ethyl adjacent to an activating group) is 1. The quantitative estimate of drug-likeness (QED) is 0.467. The van der Waals surface area contributed by atoms with Crippen molar-refractivity contribution in [2.45, 2.75) is 38.9 Å². The lowest BCUT2D eigenvalue weighted by molar-refractivity contribution is -0.144. The summed E-state index contributed by atoms with van der Waals surface area (Å²) >= 11 is 1.47. The number of thioether (sulfide) groups is 1. The van der Waals surface area contributed by atoms with Gasteiger partial charge in [-0.2, -0.15) is 0 Å². The Labute approximate surface area is 118 Å². The molecule has 6 heteroatoms. The van der Waals surface area contributed by atoms with Gasteiger partial charge in [0.05, 0.1) is 6.61 Å². The van der Waals surface area contributed by atoms with Gasteiger partial charge in [0.1, 0.15) is 6.04 Å². The highest BCUT2D eigenvalue weighted by Crippen LogP contribution is 2.15. The molecule has 0 radical (unpaired) electrons. The minimum atomic E-state index is -0.320. The zero-order valence-electron chi connectivity index (χ0n) is 11.9. The second-order valence-electron chi connectivity index (χ2n) is 4.11. The zero-order valence-corrected chi connectivity index (χ0v) is 12.7. The Kier molecular flexibility index (Phi) is 6.80. The van der Waals surface area contributed by atoms with Gasteiger partial charge in [-0.25, -0.2) is 9.97 Å². The molecule has 0 spiro atoms. The van der Waals surface area contributed by atoms with Gasteiger partial charge < -0.3 is 10.1 Å². The highest BCUT2D eigenvalue weighted by molar-refractivity contribution is 7.99. The van der Waals surface area contributed by atoms with Crippen LogP contribution in [0.15, 0.2) is 11.2 Å². The molecular weight excluding hydrogens is 262 g/mol. The van der Waals surface area contributed by atoms with Gasteiger partial charge in [0.15, 0.2) is 5.16 Å². The fraction of sp³-hybridized carbons (Fsp3) is 0.615. The lowest BCUT2D eigenvalue weighted by Crippen LogP contribution is -2.40. The van der Waals surface area contributed by atoms with Crippen molar-refractivity contribution in [3.8, 4) is 0 Å². The normalized spacial score (nSPS) is 12.2. The lowest BCUT2D eigenvalue weighted by Gasteiger charge is -2.15. The average molecular weight is 283 g/mol. The summed E-state index contributed by atoms with van der Waals surface area (Å²) < 4.78 is 5.04. The van der Waals surface area contributed by atoms with Crippen LogP contribution in [0.5, 0.6) is 0 Å². The summed E-state index contributed by atoms with van der Waals surface area (Å²) in [7, 11) is 0. The maximum atomic E-state index is 11.7. The number of nitrogens with zero attached hydrogens (tertiary/aromatic N) is 2. The fourth-order valence-electron chi connectivity index (χ4n) is 1.62. The minimum Gasteiger partial charge on any atom is -0.465 e. The summed E-state index contributed by atoms with van der Waals surface area (Å²) in [5.74, 6) is 0.344. The van der Waals surface area contributed by atoms with Crippen molar-refractivity contribution in [3.63, 3.8) is 0 Å². The predicted molar refractivity (Wildman–Crippen MR) is 76.3 cm³/mol. The van der Waals surface area contributed by atoms with Crippen LogP contribution < -0.4 is 5.32 Å². The third-order valence-corrected chi connectivity index (χ3v) is 3.30. The molecule has 1 aromatic heterocycles. The molecule has 5 nitrogen and oxygen atoms in total. The van der Waals surface area contributed by atoms with Crippen LogP contribution in [0.1, 0.15) is 25.2 Å². The van der Waals surface area contributed by atoms with E-state index in [1.165, 1.54) is 11.8 Å². The number of aryl methyl sites for hydroxylation is 2. The number of ether oxygens (including phenoxy) is 1. The van der Waals surface area contributed by atoms with E-state index in [4.69, 9.17) is 4.74 Å². The van der Waals surface area contributed by atoms with Gasteiger partial charge in [0.2, 0.25) is 0 Å². The Bertz CT molecular complexity index is 406. The van der Waals surface area contributed by atoms with E-state index in [2.05, 4.69) is 15.3 Å². The van der Waals surface area contributed by atoms with Crippen molar-refractivity contribution < 1.29 is 9.53 Å². The van der Waals surface area contributed by atoms with Gasteiger partial charge in [0, 0.05) is 17.1 Å². The molecule has 0 aliphatic heterocycles. The first kappa shape index (κ1) is 15.9. The average Bonchev–Trinajstić information content (AvgIpc) is 2.33. The molecule has 0 aliphatic carbocycles. The van der Waals surface area contributed by atoms with Crippen LogP contribution in [0.3, 0.4) is 0 Å². The van der Waals surface area contributed by atoms with E-state index >= 15 is 0 Å². The van der Waals surface area contributed by atoms with Crippen molar-refractivity contribution in [1.82, 2.24) is 15.3 Å². The highest BCUT2D eigenvalue weighted by Gasteiger charge is 2.19. The number of hydrogen-bond acceptors (Lipinski definition) is 6. The smallest absolute Gasteiger partial charge is 0.323 e. The molecule has 0 aliphatic rings. The molecule has 1 aromatic rings. The van der Waals surface area contributed by atoms with Crippen LogP contribution in [0.4, 0.5) is 0 Å². The Balaban J connectivity index is 2.62. The van der Waals surface area contributed by atoms with Gasteiger partial charge in [-0.15, -0.1) is 0 Å². The van der Waals surface area contributed by atoms with E-state index in [0.717, 1.165) is 17.9 Å². The molecule has 1 heterocycles. The maximum Gasteiger partial charge on any atom is 0.323 e. The van der Waals surface area contributed by atoms with Crippen molar-refractivity contribution >= 4 is 17.7 Å². The van der Waals surface area contributed by atoms with E-state index in [1.54, 1.807) is 6.92 Å². The summed E-state index contributed by atoms with van der Waals surface area (Å²) in [4.78, 5) is 20.4. The highest BCUT2D eigenvalue weighted by atomic mass is 32.2. The van der Waals surface area contributed by atoms with Crippen LogP contribution in [0.2, 0.25) is 0 Å². The lowest BCUT2D eigenvalue weighted by atomic mass is 10.3. The molecule has 0 bridgehead atoms. The molecule has 0 saturated carbocycles. The van der Waals surface area contributed by atoms with Gasteiger partial charge in [-0.3, -0.25) is 4.79 Å². The first-order valence-electron chi connectivity index (χ1n) is 6.41. The standard InChI is InChI=1S/C13H21N3O2S/c1-5-14-11(12(17)18-6-2)8-19-13-15-9(3)7-10(4)16-13/h7,11,14H,5-6,8H2,1-4H3. The SMILES string of the molecule is CCNC(CSc1nc(C)cc(C)n1)C(=O)OCC. The molecule has 0 saturated heterocycles. The maximum absolute atomic E-state index is 11.7. The molecule has 0 aromatic carbocycles. The molecule has 1 unspecified atom stereocenters. The number of esters is 1. The van der Waals surface area contributed by atoms with Crippen molar-refractivity contribution in [2.75, 3.05) is 18.9 Å². The van der Waals surface area contributed by atoms with Gasteiger partial charge in [0.25, 0.3) is 0 Å². The van der Waals surface area contributed by atoms with E-state index in [9.17, 15) is 4.79 Å². The molecule has 106 valence electrons. The van der Waals surface area contributed by atoms with Crippen LogP contribution in [-0.2, 0) is 9.53 Å². The van der Waals surface area contributed by atoms with Crippen molar-refractivity contribution in [2.24, 2.45) is 0 Å². The Morgan fingerprint density at radius 2 is 2.00 bits per heavy atom. The van der Waals surface area contributed by atoms with E-state index in [0.29, 0.717) is 17.5 Å². The molecule has 1 atom stereocenters. The molecular formula is C13H21N3O2S. The Morgan fingerprint density at radius 3 is 2.53 bits per heavy atom. The van der Waals surface area contributed by atoms with Gasteiger partial charge in [-0.1, -0.05) is 18.7 Å². The van der Waals surface area contributed by atoms with Crippen molar-refractivity contribution in [3.05, 3.63) is 17.5 Å². The third-order valence-electron chi connectivity index (χ3n) is 2.36. The summed E-state index contributed by atoms with van der Waals surface area (Å²) in [6, 6.07) is 1.61. The Morgan fingerprint density at radius 1 is 1.37 bits per heavy atom. The molecule has 0 amide bonds. The monoisotopic (exact) mass is 283 g/mol. The van der Waals surface area contributed by atoms with E-state index < -0.39 is 0 Å². The number of carbonyl (C=O) groups excluding carboxylic acids is 1. The van der Waals surface area contributed by atoms with Crippen LogP contribution >= 0.6 is 11.8 Å². The summed E-state index contributed by atoms with van der Waals surface area (Å²) in [5.41, 5.74) is 1.87. The van der Waals surface area contributed by atoms with Crippen LogP contribution in [0.25, 0.3) is 0 Å². The first-order chi connectivity index (χ1) is 9.06. The van der Waals surface area contributed by atoms with Crippen molar-refractivity contribution in [1.29, 1.82) is 0 Å². The van der Waals surface area contributed by atoms with E-state index in [-0.39, 0.29) is 12.0 Å². The van der Waals surface area contributed by atoms with Gasteiger partial charge >= 0.3 is 5.97 Å². The number of carbonyl (C=O) groups is 1. The first-order valence-corrected chi connectivity index (χ1v) is 7.40. The largest absolute Gasteiger partial charge is 0.465 e. The molecule has 1 rings (SSSR count). The molecule has 19 heavy (non-hydrogen) atoms. The summed E-state index contributed by atoms with van der Waals surface area (Å²) in [6.45, 7) is 8.76. The Hall–Kier alpha value is -1.14. The summed E-state index contributed by atoms with van der Waals surface area (Å²) in [5, 5.41) is 3.81. The number of hydrogen-bond donors (Lipinski definition) is 1. The number of rotatable bonds is 7.